The first-order valence-electron chi connectivity index (χ1n) is 10.8. The van der Waals surface area contributed by atoms with Crippen LogP contribution in [0.15, 0.2) is 84.1 Å². The Morgan fingerprint density at radius 3 is 2.28 bits per heavy atom. The molecule has 1 fully saturated rings. The number of hydrogen-bond acceptors (Lipinski definition) is 4. The smallest absolute Gasteiger partial charge is 0.311 e. The highest BCUT2D eigenvalue weighted by molar-refractivity contribution is 5.86. The summed E-state index contributed by atoms with van der Waals surface area (Å²) in [6.45, 7) is 14.2. The number of hydroxylamine groups is 2. The molecule has 1 aliphatic rings. The summed E-state index contributed by atoms with van der Waals surface area (Å²) in [7, 11) is 0. The quantitative estimate of drug-likeness (QED) is 0.267. The van der Waals surface area contributed by atoms with Crippen molar-refractivity contribution in [3.05, 3.63) is 84.1 Å². The maximum Gasteiger partial charge on any atom is 0.434 e. The number of carbonyl (C=O) groups excluding carboxylic acids is 3. The van der Waals surface area contributed by atoms with Crippen LogP contribution in [0.3, 0.4) is 0 Å². The third-order valence-corrected chi connectivity index (χ3v) is 4.90. The van der Waals surface area contributed by atoms with Gasteiger partial charge in [0, 0.05) is 19.5 Å². The van der Waals surface area contributed by atoms with E-state index in [-0.39, 0.29) is 12.8 Å². The summed E-state index contributed by atoms with van der Waals surface area (Å²) in [6, 6.07) is 0. The van der Waals surface area contributed by atoms with E-state index in [2.05, 4.69) is 13.2 Å². The van der Waals surface area contributed by atoms with Crippen molar-refractivity contribution in [2.75, 3.05) is 13.1 Å². The van der Waals surface area contributed by atoms with Gasteiger partial charge in [-0.3, -0.25) is 9.59 Å². The maximum absolute atomic E-state index is 12.5. The van der Waals surface area contributed by atoms with Crippen LogP contribution in [0.1, 0.15) is 46.5 Å². The molecule has 1 aliphatic heterocycles. The number of piperidine rings is 1. The predicted molar refractivity (Wildman–Crippen MR) is 128 cm³/mol. The van der Waals surface area contributed by atoms with Crippen LogP contribution in [-0.4, -0.2) is 41.5 Å². The average molecular weight is 439 g/mol. The number of amides is 3. The van der Waals surface area contributed by atoms with E-state index >= 15 is 0 Å². The summed E-state index contributed by atoms with van der Waals surface area (Å²) in [5.41, 5.74) is 4.40. The van der Waals surface area contributed by atoms with E-state index in [0.29, 0.717) is 37.4 Å². The van der Waals surface area contributed by atoms with Crippen molar-refractivity contribution < 1.29 is 19.2 Å². The normalized spacial score (nSPS) is 15.1. The molecule has 0 aromatic carbocycles. The Morgan fingerprint density at radius 2 is 1.78 bits per heavy atom. The number of imide groups is 1. The van der Waals surface area contributed by atoms with Gasteiger partial charge in [-0.25, -0.2) is 4.79 Å². The second-order valence-electron chi connectivity index (χ2n) is 7.09. The van der Waals surface area contributed by atoms with E-state index in [9.17, 15) is 14.4 Å². The highest BCUT2D eigenvalue weighted by atomic mass is 16.7. The Bertz CT molecular complexity index is 849. The molecular formula is C26H34N2O4. The second-order valence-corrected chi connectivity index (χ2v) is 7.09. The number of likely N-dealkylation sites (tertiary alicyclic amines) is 1. The fourth-order valence-corrected chi connectivity index (χ4v) is 3.41. The summed E-state index contributed by atoms with van der Waals surface area (Å²) in [5, 5.41) is 0.484. The Balaban J connectivity index is 3.14. The molecule has 0 N–H and O–H groups in total. The van der Waals surface area contributed by atoms with Gasteiger partial charge < -0.3 is 9.74 Å². The lowest BCUT2D eigenvalue weighted by atomic mass is 9.87. The van der Waals surface area contributed by atoms with Gasteiger partial charge in [0.05, 0.1) is 0 Å². The van der Waals surface area contributed by atoms with E-state index in [4.69, 9.17) is 4.84 Å². The molecule has 32 heavy (non-hydrogen) atoms. The van der Waals surface area contributed by atoms with Crippen molar-refractivity contribution in [2.45, 2.75) is 46.5 Å². The van der Waals surface area contributed by atoms with Gasteiger partial charge in [0.1, 0.15) is 0 Å². The van der Waals surface area contributed by atoms with Gasteiger partial charge in [-0.1, -0.05) is 74.3 Å². The minimum absolute atomic E-state index is 0.135. The number of carbonyl (C=O) groups is 3. The molecule has 6 heteroatoms. The highest BCUT2D eigenvalue weighted by Gasteiger charge is 2.26. The largest absolute Gasteiger partial charge is 0.434 e. The Labute approximate surface area is 191 Å². The van der Waals surface area contributed by atoms with Gasteiger partial charge >= 0.3 is 6.09 Å². The van der Waals surface area contributed by atoms with Gasteiger partial charge in [0.15, 0.2) is 0 Å². The topological polar surface area (TPSA) is 66.9 Å². The molecule has 0 atom stereocenters. The minimum atomic E-state index is -0.699. The fourth-order valence-electron chi connectivity index (χ4n) is 3.41. The Morgan fingerprint density at radius 1 is 1.09 bits per heavy atom. The zero-order valence-electron chi connectivity index (χ0n) is 19.4. The second kappa shape index (κ2) is 14.6. The molecular weight excluding hydrogens is 404 g/mol. The molecule has 0 aromatic heterocycles. The van der Waals surface area contributed by atoms with E-state index < -0.39 is 12.0 Å². The van der Waals surface area contributed by atoms with Crippen LogP contribution in [0.5, 0.6) is 0 Å². The van der Waals surface area contributed by atoms with Crippen molar-refractivity contribution in [1.29, 1.82) is 0 Å². The lowest BCUT2D eigenvalue weighted by Gasteiger charge is -2.30. The van der Waals surface area contributed by atoms with Gasteiger partial charge in [-0.15, -0.1) is 5.06 Å². The first-order chi connectivity index (χ1) is 15.5. The average Bonchev–Trinajstić information content (AvgIpc) is 2.80. The summed E-state index contributed by atoms with van der Waals surface area (Å²) in [5.74, 6) is -0.534. The van der Waals surface area contributed by atoms with Crippen LogP contribution < -0.4 is 0 Å². The minimum Gasteiger partial charge on any atom is -0.311 e. The van der Waals surface area contributed by atoms with Gasteiger partial charge in [0.25, 0.3) is 12.3 Å². The molecule has 0 saturated carbocycles. The number of nitrogens with zero attached hydrogens (tertiary/aromatic N) is 2. The zero-order chi connectivity index (χ0) is 23.9. The van der Waals surface area contributed by atoms with E-state index in [1.54, 1.807) is 12.2 Å². The van der Waals surface area contributed by atoms with Crippen molar-refractivity contribution in [3.63, 3.8) is 0 Å². The van der Waals surface area contributed by atoms with Crippen molar-refractivity contribution >= 4 is 18.4 Å². The molecule has 6 nitrogen and oxygen atoms in total. The molecule has 0 spiro atoms. The van der Waals surface area contributed by atoms with Crippen molar-refractivity contribution in [3.8, 4) is 0 Å². The molecule has 3 amide bonds. The summed E-state index contributed by atoms with van der Waals surface area (Å²) < 4.78 is 0. The summed E-state index contributed by atoms with van der Waals surface area (Å²) >= 11 is 0. The van der Waals surface area contributed by atoms with Gasteiger partial charge in [-0.2, -0.15) is 0 Å². The Kier molecular flexibility index (Phi) is 12.1. The molecule has 0 radical (unpaired) electrons. The van der Waals surface area contributed by atoms with Gasteiger partial charge in [0.2, 0.25) is 0 Å². The van der Waals surface area contributed by atoms with Crippen LogP contribution in [0.25, 0.3) is 0 Å². The molecule has 0 bridgehead atoms. The SMILES string of the molecule is C=C/C=C\C(=C/C)C(=C1CCN(C(=O)ON(C=O)C(=O)CCC)CC1)C(/C=C\C)=C/C=C. The van der Waals surface area contributed by atoms with Crippen molar-refractivity contribution in [2.24, 2.45) is 0 Å². The van der Waals surface area contributed by atoms with Crippen LogP contribution in [0, 0.1) is 0 Å². The standard InChI is InChI=1S/C26H34N2O4/c1-6-11-15-21(10-5)25(22(12-7-2)13-8-3)23-16-18-27(19-17-23)26(31)32-28(20-29)24(30)14-9-4/h6-8,10-13,15,20H,1-2,9,14,16-19H2,3-5H3/b13-8-,15-11-,21-10+,22-12+. The highest BCUT2D eigenvalue weighted by Crippen LogP contribution is 2.32. The van der Waals surface area contributed by atoms with Crippen LogP contribution >= 0.6 is 0 Å². The maximum atomic E-state index is 12.5. The molecule has 1 rings (SSSR count). The number of hydrogen-bond donors (Lipinski definition) is 0. The molecule has 1 saturated heterocycles. The number of rotatable bonds is 9. The third-order valence-electron chi connectivity index (χ3n) is 4.90. The predicted octanol–water partition coefficient (Wildman–Crippen LogP) is 5.59. The molecule has 172 valence electrons. The van der Waals surface area contributed by atoms with E-state index in [0.717, 1.165) is 16.7 Å². The fraction of sp³-hybridized carbons (Fsp3) is 0.346. The first kappa shape index (κ1) is 26.6. The first-order valence-corrected chi connectivity index (χ1v) is 10.8. The molecule has 0 aliphatic carbocycles. The van der Waals surface area contributed by atoms with E-state index in [1.165, 1.54) is 10.5 Å². The lowest BCUT2D eigenvalue weighted by Crippen LogP contribution is -2.42. The van der Waals surface area contributed by atoms with Crippen LogP contribution in [0.2, 0.25) is 0 Å². The van der Waals surface area contributed by atoms with Crippen molar-refractivity contribution in [1.82, 2.24) is 9.96 Å². The Hall–Kier alpha value is -3.41. The lowest BCUT2D eigenvalue weighted by molar-refractivity contribution is -0.172. The summed E-state index contributed by atoms with van der Waals surface area (Å²) in [4.78, 5) is 42.0. The van der Waals surface area contributed by atoms with Crippen LogP contribution in [-0.2, 0) is 14.4 Å². The molecule has 0 aromatic rings. The summed E-state index contributed by atoms with van der Waals surface area (Å²) in [6.07, 6.45) is 16.9. The third kappa shape index (κ3) is 7.69. The van der Waals surface area contributed by atoms with E-state index in [1.807, 2.05) is 57.2 Å². The molecule has 0 unspecified atom stereocenters. The molecule has 1 heterocycles. The monoisotopic (exact) mass is 438 g/mol. The van der Waals surface area contributed by atoms with Gasteiger partial charge in [-0.05, 0) is 49.8 Å². The van der Waals surface area contributed by atoms with Crippen LogP contribution in [0.4, 0.5) is 4.79 Å². The number of allylic oxidation sites excluding steroid dienone is 11. The zero-order valence-corrected chi connectivity index (χ0v) is 19.4.